The number of aromatic amines is 1. The van der Waals surface area contributed by atoms with E-state index in [-0.39, 0.29) is 18.2 Å². The molecule has 1 atom stereocenters. The smallest absolute Gasteiger partial charge is 0.253 e. The molecule has 0 saturated heterocycles. The maximum absolute atomic E-state index is 12.8. The summed E-state index contributed by atoms with van der Waals surface area (Å²) in [6, 6.07) is 17.8. The van der Waals surface area contributed by atoms with Crippen LogP contribution in [-0.4, -0.2) is 17.1 Å². The Kier molecular flexibility index (Phi) is 6.48. The minimum atomic E-state index is -0.311. The standard InChI is InChI=1S/C25H21ClN4O3/c1-15(29-18-7-6-16(13-27)23(11-18)32-2)20-9-17-10-21(26)24(12-22(17)30-25(20)31)33-14-19-5-3-4-8-28-19/h3-12,15,29H,14H2,1-2H3,(H,30,31)/t15-/m0/s1. The zero-order chi connectivity index (χ0) is 23.4. The van der Waals surface area contributed by atoms with Gasteiger partial charge < -0.3 is 19.8 Å². The lowest BCUT2D eigenvalue weighted by Crippen LogP contribution is -2.19. The van der Waals surface area contributed by atoms with E-state index in [1.807, 2.05) is 25.1 Å². The Bertz CT molecular complexity index is 1400. The molecule has 0 fully saturated rings. The number of benzene rings is 2. The summed E-state index contributed by atoms with van der Waals surface area (Å²) in [5.74, 6) is 0.932. The fourth-order valence-electron chi connectivity index (χ4n) is 3.49. The van der Waals surface area contributed by atoms with E-state index in [2.05, 4.69) is 21.4 Å². The third-order valence-electron chi connectivity index (χ3n) is 5.20. The summed E-state index contributed by atoms with van der Waals surface area (Å²) < 4.78 is 11.1. The minimum Gasteiger partial charge on any atom is -0.495 e. The van der Waals surface area contributed by atoms with Gasteiger partial charge in [0.2, 0.25) is 0 Å². The molecule has 0 unspecified atom stereocenters. The summed E-state index contributed by atoms with van der Waals surface area (Å²) in [6.07, 6.45) is 1.70. The van der Waals surface area contributed by atoms with Gasteiger partial charge in [-0.25, -0.2) is 0 Å². The molecule has 4 aromatic rings. The van der Waals surface area contributed by atoms with Crippen LogP contribution < -0.4 is 20.3 Å². The molecule has 2 N–H and O–H groups in total. The van der Waals surface area contributed by atoms with Crippen LogP contribution in [0.3, 0.4) is 0 Å². The fraction of sp³-hybridized carbons (Fsp3) is 0.160. The largest absolute Gasteiger partial charge is 0.495 e. The van der Waals surface area contributed by atoms with Crippen LogP contribution in [0.1, 0.15) is 29.8 Å². The highest BCUT2D eigenvalue weighted by Gasteiger charge is 2.14. The normalized spacial score (nSPS) is 11.6. The van der Waals surface area contributed by atoms with Crippen LogP contribution in [0.4, 0.5) is 5.69 Å². The van der Waals surface area contributed by atoms with Crippen LogP contribution in [0.25, 0.3) is 10.9 Å². The summed E-state index contributed by atoms with van der Waals surface area (Å²) in [5, 5.41) is 13.7. The quantitative estimate of drug-likeness (QED) is 0.392. The fourth-order valence-corrected chi connectivity index (χ4v) is 3.72. The molecule has 0 bridgehead atoms. The van der Waals surface area contributed by atoms with Crippen molar-refractivity contribution in [1.29, 1.82) is 5.26 Å². The first-order chi connectivity index (χ1) is 16.0. The number of ether oxygens (including phenoxy) is 2. The van der Waals surface area contributed by atoms with Gasteiger partial charge in [-0.15, -0.1) is 0 Å². The Morgan fingerprint density at radius 3 is 2.76 bits per heavy atom. The van der Waals surface area contributed by atoms with Gasteiger partial charge in [0.25, 0.3) is 5.56 Å². The van der Waals surface area contributed by atoms with Gasteiger partial charge in [0.15, 0.2) is 0 Å². The molecule has 2 aromatic heterocycles. The van der Waals surface area contributed by atoms with Crippen molar-refractivity contribution < 1.29 is 9.47 Å². The van der Waals surface area contributed by atoms with Gasteiger partial charge in [0, 0.05) is 35.0 Å². The number of aromatic nitrogens is 2. The third-order valence-corrected chi connectivity index (χ3v) is 5.49. The van der Waals surface area contributed by atoms with E-state index in [9.17, 15) is 4.79 Å². The van der Waals surface area contributed by atoms with Crippen LogP contribution >= 0.6 is 11.6 Å². The van der Waals surface area contributed by atoms with Gasteiger partial charge in [0.05, 0.1) is 34.9 Å². The number of nitrogens with zero attached hydrogens (tertiary/aromatic N) is 2. The maximum Gasteiger partial charge on any atom is 0.253 e. The zero-order valence-corrected chi connectivity index (χ0v) is 18.8. The second kappa shape index (κ2) is 9.63. The number of pyridine rings is 2. The van der Waals surface area contributed by atoms with Crippen molar-refractivity contribution in [3.8, 4) is 17.6 Å². The highest BCUT2D eigenvalue weighted by atomic mass is 35.5. The Balaban J connectivity index is 1.58. The van der Waals surface area contributed by atoms with Crippen molar-refractivity contribution in [2.24, 2.45) is 0 Å². The Hall–Kier alpha value is -4.02. The first-order valence-electron chi connectivity index (χ1n) is 10.2. The number of hydrogen-bond donors (Lipinski definition) is 2. The molecule has 0 spiro atoms. The number of anilines is 1. The van der Waals surface area contributed by atoms with Gasteiger partial charge in [-0.05, 0) is 43.3 Å². The lowest BCUT2D eigenvalue weighted by Gasteiger charge is -2.17. The second-order valence-corrected chi connectivity index (χ2v) is 7.83. The topological polar surface area (TPSA) is 100 Å². The number of nitriles is 1. The molecule has 166 valence electrons. The molecule has 4 rings (SSSR count). The molecule has 0 aliphatic heterocycles. The third kappa shape index (κ3) is 4.92. The number of methoxy groups -OCH3 is 1. The van der Waals surface area contributed by atoms with E-state index in [0.717, 1.165) is 16.8 Å². The molecule has 7 nitrogen and oxygen atoms in total. The lowest BCUT2D eigenvalue weighted by molar-refractivity contribution is 0.302. The molecule has 0 saturated carbocycles. The maximum atomic E-state index is 12.8. The molecule has 0 aliphatic rings. The molecule has 33 heavy (non-hydrogen) atoms. The minimum absolute atomic E-state index is 0.221. The average Bonchev–Trinajstić information content (AvgIpc) is 2.83. The molecule has 0 amide bonds. The molecular formula is C25H21ClN4O3. The highest BCUT2D eigenvalue weighted by Crippen LogP contribution is 2.31. The van der Waals surface area contributed by atoms with Crippen molar-refractivity contribution in [3.05, 3.63) is 93.0 Å². The molecule has 0 aliphatic carbocycles. The van der Waals surface area contributed by atoms with Crippen LogP contribution in [0.5, 0.6) is 11.5 Å². The van der Waals surface area contributed by atoms with Gasteiger partial charge in [-0.1, -0.05) is 17.7 Å². The summed E-state index contributed by atoms with van der Waals surface area (Å²) in [6.45, 7) is 2.15. The van der Waals surface area contributed by atoms with Gasteiger partial charge >= 0.3 is 0 Å². The number of halogens is 1. The van der Waals surface area contributed by atoms with Gasteiger partial charge in [-0.3, -0.25) is 9.78 Å². The SMILES string of the molecule is COc1cc(N[C@@H](C)c2cc3cc(Cl)c(OCc4ccccn4)cc3[nH]c2=O)ccc1C#N. The monoisotopic (exact) mass is 460 g/mol. The van der Waals surface area contributed by atoms with Crippen LogP contribution in [0, 0.1) is 11.3 Å². The summed E-state index contributed by atoms with van der Waals surface area (Å²) >= 11 is 6.44. The zero-order valence-electron chi connectivity index (χ0n) is 18.1. The average molecular weight is 461 g/mol. The van der Waals surface area contributed by atoms with Crippen molar-refractivity contribution in [2.45, 2.75) is 19.6 Å². The molecule has 8 heteroatoms. The number of nitrogens with one attached hydrogen (secondary N) is 2. The van der Waals surface area contributed by atoms with E-state index in [1.54, 1.807) is 42.6 Å². The van der Waals surface area contributed by atoms with Gasteiger partial charge in [0.1, 0.15) is 24.2 Å². The number of H-pyrrole nitrogens is 1. The van der Waals surface area contributed by atoms with E-state index >= 15 is 0 Å². The van der Waals surface area contributed by atoms with Crippen molar-refractivity contribution in [2.75, 3.05) is 12.4 Å². The van der Waals surface area contributed by atoms with Crippen LogP contribution in [0.2, 0.25) is 5.02 Å². The predicted molar refractivity (Wildman–Crippen MR) is 128 cm³/mol. The van der Waals surface area contributed by atoms with Crippen molar-refractivity contribution in [1.82, 2.24) is 9.97 Å². The van der Waals surface area contributed by atoms with Crippen LogP contribution in [0.15, 0.2) is 65.6 Å². The summed E-state index contributed by atoms with van der Waals surface area (Å²) in [7, 11) is 1.51. The lowest BCUT2D eigenvalue weighted by atomic mass is 10.1. The van der Waals surface area contributed by atoms with E-state index in [1.165, 1.54) is 7.11 Å². The number of rotatable bonds is 7. The predicted octanol–water partition coefficient (Wildman–Crippen LogP) is 5.21. The van der Waals surface area contributed by atoms with E-state index < -0.39 is 0 Å². The highest BCUT2D eigenvalue weighted by molar-refractivity contribution is 6.32. The summed E-state index contributed by atoms with van der Waals surface area (Å²) in [4.78, 5) is 20.0. The Morgan fingerprint density at radius 2 is 2.03 bits per heavy atom. The van der Waals surface area contributed by atoms with Crippen molar-refractivity contribution >= 4 is 28.2 Å². The first kappa shape index (κ1) is 22.2. The number of fused-ring (bicyclic) bond motifs is 1. The second-order valence-electron chi connectivity index (χ2n) is 7.43. The molecule has 2 heterocycles. The first-order valence-corrected chi connectivity index (χ1v) is 10.6. The number of hydrogen-bond acceptors (Lipinski definition) is 6. The van der Waals surface area contributed by atoms with Crippen LogP contribution in [-0.2, 0) is 6.61 Å². The van der Waals surface area contributed by atoms with E-state index in [4.69, 9.17) is 26.3 Å². The van der Waals surface area contributed by atoms with Crippen molar-refractivity contribution in [3.63, 3.8) is 0 Å². The molecule has 2 aromatic carbocycles. The Labute approximate surface area is 195 Å². The summed E-state index contributed by atoms with van der Waals surface area (Å²) in [5.41, 5.74) is 2.89. The van der Waals surface area contributed by atoms with Gasteiger partial charge in [-0.2, -0.15) is 5.26 Å². The molecule has 0 radical (unpaired) electrons. The Morgan fingerprint density at radius 1 is 1.18 bits per heavy atom. The molecular weight excluding hydrogens is 440 g/mol. The van der Waals surface area contributed by atoms with E-state index in [0.29, 0.717) is 33.2 Å².